The van der Waals surface area contributed by atoms with Gasteiger partial charge in [-0.1, -0.05) is 17.7 Å². The predicted octanol–water partition coefficient (Wildman–Crippen LogP) is 0.437. The predicted molar refractivity (Wildman–Crippen MR) is 83.1 cm³/mol. The van der Waals surface area contributed by atoms with Crippen LogP contribution in [0.25, 0.3) is 0 Å². The molecule has 0 aromatic heterocycles. The SMILES string of the molecule is CCOC(=O)CC1CNC(=O)CN1S(=O)(=O)c1ccc(C)cc1. The molecule has 1 amide bonds. The van der Waals surface area contributed by atoms with Gasteiger partial charge in [0.15, 0.2) is 0 Å². The van der Waals surface area contributed by atoms with Crippen LogP contribution in [0.3, 0.4) is 0 Å². The molecule has 7 nitrogen and oxygen atoms in total. The molecule has 0 aliphatic carbocycles. The van der Waals surface area contributed by atoms with Crippen LogP contribution in [0.4, 0.5) is 0 Å². The number of benzene rings is 1. The van der Waals surface area contributed by atoms with E-state index in [-0.39, 0.29) is 36.9 Å². The first-order valence-electron chi connectivity index (χ1n) is 7.35. The van der Waals surface area contributed by atoms with Gasteiger partial charge in [-0.25, -0.2) is 8.42 Å². The minimum atomic E-state index is -3.86. The summed E-state index contributed by atoms with van der Waals surface area (Å²) in [6.07, 6.45) is -0.0980. The molecule has 1 unspecified atom stereocenters. The second-order valence-corrected chi connectivity index (χ2v) is 7.22. The van der Waals surface area contributed by atoms with Crippen LogP contribution >= 0.6 is 0 Å². The molecule has 8 heteroatoms. The molecule has 2 rings (SSSR count). The minimum Gasteiger partial charge on any atom is -0.466 e. The molecule has 0 spiro atoms. The van der Waals surface area contributed by atoms with Gasteiger partial charge in [-0.05, 0) is 26.0 Å². The van der Waals surface area contributed by atoms with Crippen molar-refractivity contribution in [1.82, 2.24) is 9.62 Å². The van der Waals surface area contributed by atoms with Gasteiger partial charge in [0, 0.05) is 6.54 Å². The third-order valence-corrected chi connectivity index (χ3v) is 5.49. The van der Waals surface area contributed by atoms with E-state index in [1.807, 2.05) is 6.92 Å². The normalized spacial score (nSPS) is 19.2. The lowest BCUT2D eigenvalue weighted by Gasteiger charge is -2.33. The minimum absolute atomic E-state index is 0.0861. The van der Waals surface area contributed by atoms with Gasteiger partial charge in [0.1, 0.15) is 0 Å². The molecule has 23 heavy (non-hydrogen) atoms. The van der Waals surface area contributed by atoms with E-state index in [2.05, 4.69) is 5.32 Å². The van der Waals surface area contributed by atoms with Crippen molar-refractivity contribution in [3.05, 3.63) is 29.8 Å². The van der Waals surface area contributed by atoms with Crippen LogP contribution in [0.15, 0.2) is 29.2 Å². The molecule has 0 saturated carbocycles. The van der Waals surface area contributed by atoms with Gasteiger partial charge in [0.25, 0.3) is 0 Å². The number of esters is 1. The molecule has 1 fully saturated rings. The molecule has 1 atom stereocenters. The molecule has 1 heterocycles. The van der Waals surface area contributed by atoms with Gasteiger partial charge in [-0.2, -0.15) is 4.31 Å². The van der Waals surface area contributed by atoms with E-state index in [0.717, 1.165) is 9.87 Å². The fraction of sp³-hybridized carbons (Fsp3) is 0.467. The first-order chi connectivity index (χ1) is 10.8. The van der Waals surface area contributed by atoms with Gasteiger partial charge < -0.3 is 10.1 Å². The smallest absolute Gasteiger partial charge is 0.307 e. The summed E-state index contributed by atoms with van der Waals surface area (Å²) >= 11 is 0. The van der Waals surface area contributed by atoms with Crippen molar-refractivity contribution in [2.75, 3.05) is 19.7 Å². The van der Waals surface area contributed by atoms with E-state index in [1.165, 1.54) is 12.1 Å². The molecule has 1 aliphatic heterocycles. The number of aryl methyl sites for hydroxylation is 1. The summed E-state index contributed by atoms with van der Waals surface area (Å²) in [5.74, 6) is -0.876. The van der Waals surface area contributed by atoms with Crippen LogP contribution in [0.5, 0.6) is 0 Å². The number of carbonyl (C=O) groups excluding carboxylic acids is 2. The lowest BCUT2D eigenvalue weighted by molar-refractivity contribution is -0.145. The summed E-state index contributed by atoms with van der Waals surface area (Å²) in [4.78, 5) is 23.4. The highest BCUT2D eigenvalue weighted by Gasteiger charge is 2.37. The van der Waals surface area contributed by atoms with Gasteiger partial charge in [0.2, 0.25) is 15.9 Å². The molecule has 1 N–H and O–H groups in total. The summed E-state index contributed by atoms with van der Waals surface area (Å²) in [5.41, 5.74) is 0.934. The summed E-state index contributed by atoms with van der Waals surface area (Å²) in [7, 11) is -3.86. The fourth-order valence-electron chi connectivity index (χ4n) is 2.37. The number of nitrogens with zero attached hydrogens (tertiary/aromatic N) is 1. The molecule has 1 aromatic carbocycles. The Hall–Kier alpha value is -1.93. The summed E-state index contributed by atoms with van der Waals surface area (Å²) in [6.45, 7) is 3.54. The number of hydrogen-bond donors (Lipinski definition) is 1. The topological polar surface area (TPSA) is 92.8 Å². The highest BCUT2D eigenvalue weighted by atomic mass is 32.2. The van der Waals surface area contributed by atoms with Gasteiger partial charge in [0.05, 0.1) is 30.5 Å². The van der Waals surface area contributed by atoms with Crippen molar-refractivity contribution < 1.29 is 22.7 Å². The largest absolute Gasteiger partial charge is 0.466 e. The Balaban J connectivity index is 2.28. The zero-order valence-corrected chi connectivity index (χ0v) is 13.9. The van der Waals surface area contributed by atoms with Crippen molar-refractivity contribution in [1.29, 1.82) is 0 Å². The van der Waals surface area contributed by atoms with E-state index in [0.29, 0.717) is 0 Å². The molecule has 1 aromatic rings. The maximum Gasteiger partial charge on any atom is 0.307 e. The number of piperazine rings is 1. The van der Waals surface area contributed by atoms with Crippen LogP contribution in [-0.2, 0) is 24.3 Å². The van der Waals surface area contributed by atoms with Crippen molar-refractivity contribution in [3.8, 4) is 0 Å². The van der Waals surface area contributed by atoms with Crippen molar-refractivity contribution in [2.24, 2.45) is 0 Å². The number of rotatable bonds is 5. The van der Waals surface area contributed by atoms with Crippen LogP contribution < -0.4 is 5.32 Å². The van der Waals surface area contributed by atoms with Crippen LogP contribution in [-0.4, -0.2) is 50.3 Å². The summed E-state index contributed by atoms with van der Waals surface area (Å²) in [5, 5.41) is 2.59. The van der Waals surface area contributed by atoms with E-state index in [9.17, 15) is 18.0 Å². The van der Waals surface area contributed by atoms with E-state index >= 15 is 0 Å². The first-order valence-corrected chi connectivity index (χ1v) is 8.79. The first kappa shape index (κ1) is 17.4. The highest BCUT2D eigenvalue weighted by Crippen LogP contribution is 2.22. The second-order valence-electron chi connectivity index (χ2n) is 5.33. The molecule has 0 bridgehead atoms. The van der Waals surface area contributed by atoms with Crippen molar-refractivity contribution in [2.45, 2.75) is 31.2 Å². The Morgan fingerprint density at radius 1 is 1.35 bits per heavy atom. The lowest BCUT2D eigenvalue weighted by Crippen LogP contribution is -2.56. The zero-order valence-electron chi connectivity index (χ0n) is 13.1. The number of amides is 1. The monoisotopic (exact) mass is 340 g/mol. The van der Waals surface area contributed by atoms with Crippen LogP contribution in [0, 0.1) is 6.92 Å². The fourth-order valence-corrected chi connectivity index (χ4v) is 3.95. The quantitative estimate of drug-likeness (QED) is 0.785. The number of sulfonamides is 1. The van der Waals surface area contributed by atoms with Crippen molar-refractivity contribution >= 4 is 21.9 Å². The summed E-state index contributed by atoms with van der Waals surface area (Å²) < 4.78 is 31.5. The van der Waals surface area contributed by atoms with Gasteiger partial charge in [-0.3, -0.25) is 9.59 Å². The van der Waals surface area contributed by atoms with Crippen LogP contribution in [0.2, 0.25) is 0 Å². The molecular formula is C15H20N2O5S. The molecule has 0 radical (unpaired) electrons. The zero-order chi connectivity index (χ0) is 17.0. The third kappa shape index (κ3) is 4.08. The Kier molecular flexibility index (Phi) is 5.38. The van der Waals surface area contributed by atoms with E-state index < -0.39 is 22.0 Å². The Morgan fingerprint density at radius 2 is 2.00 bits per heavy atom. The van der Waals surface area contributed by atoms with Crippen LogP contribution in [0.1, 0.15) is 18.9 Å². The number of carbonyl (C=O) groups is 2. The van der Waals surface area contributed by atoms with Crippen molar-refractivity contribution in [3.63, 3.8) is 0 Å². The van der Waals surface area contributed by atoms with E-state index in [1.54, 1.807) is 19.1 Å². The molecular weight excluding hydrogens is 320 g/mol. The average molecular weight is 340 g/mol. The van der Waals surface area contributed by atoms with Gasteiger partial charge in [-0.15, -0.1) is 0 Å². The van der Waals surface area contributed by atoms with Gasteiger partial charge >= 0.3 is 5.97 Å². The highest BCUT2D eigenvalue weighted by molar-refractivity contribution is 7.89. The third-order valence-electron chi connectivity index (χ3n) is 3.58. The Labute approximate surface area is 135 Å². The number of hydrogen-bond acceptors (Lipinski definition) is 5. The molecule has 1 aliphatic rings. The standard InChI is InChI=1S/C15H20N2O5S/c1-3-22-15(19)8-12-9-16-14(18)10-17(12)23(20,21)13-6-4-11(2)5-7-13/h4-7,12H,3,8-10H2,1-2H3,(H,16,18). The lowest BCUT2D eigenvalue weighted by atomic mass is 10.1. The second kappa shape index (κ2) is 7.10. The summed E-state index contributed by atoms with van der Waals surface area (Å²) in [6, 6.07) is 5.73. The Bertz CT molecular complexity index is 684. The molecule has 126 valence electrons. The number of ether oxygens (including phenoxy) is 1. The van der Waals surface area contributed by atoms with E-state index in [4.69, 9.17) is 4.74 Å². The Morgan fingerprint density at radius 3 is 2.61 bits per heavy atom. The maximum atomic E-state index is 12.8. The molecule has 1 saturated heterocycles. The average Bonchev–Trinajstić information content (AvgIpc) is 2.49. The maximum absolute atomic E-state index is 12.8. The number of nitrogens with one attached hydrogen (secondary N) is 1.